The number of imidazole rings is 1. The highest BCUT2D eigenvalue weighted by molar-refractivity contribution is 5.96. The predicted octanol–water partition coefficient (Wildman–Crippen LogP) is 5.57. The van der Waals surface area contributed by atoms with E-state index in [2.05, 4.69) is 15.9 Å². The monoisotopic (exact) mass is 463 g/mol. The third kappa shape index (κ3) is 4.94. The van der Waals surface area contributed by atoms with Crippen LogP contribution in [0.4, 0.5) is 13.2 Å². The number of hydrogen-bond acceptors (Lipinski definition) is 3. The molecule has 0 bridgehead atoms. The predicted molar refractivity (Wildman–Crippen MR) is 122 cm³/mol. The molecule has 0 aliphatic rings. The first-order chi connectivity index (χ1) is 16.1. The maximum absolute atomic E-state index is 12.5. The Morgan fingerprint density at radius 3 is 2.44 bits per heavy atom. The number of rotatable bonds is 5. The fourth-order valence-electron chi connectivity index (χ4n) is 3.87. The van der Waals surface area contributed by atoms with Gasteiger partial charge >= 0.3 is 12.1 Å². The van der Waals surface area contributed by atoms with E-state index < -0.39 is 12.1 Å². The lowest BCUT2D eigenvalue weighted by molar-refractivity contribution is -0.0697. The molecule has 0 saturated carbocycles. The van der Waals surface area contributed by atoms with E-state index in [1.54, 1.807) is 28.8 Å². The largest absolute Gasteiger partial charge is 0.478 e. The Morgan fingerprint density at radius 1 is 1.06 bits per heavy atom. The number of aromatic carboxylic acids is 1. The molecule has 34 heavy (non-hydrogen) atoms. The summed E-state index contributed by atoms with van der Waals surface area (Å²) in [5.41, 5.74) is 5.29. The van der Waals surface area contributed by atoms with Crippen LogP contribution in [0.25, 0.3) is 22.3 Å². The fraction of sp³-hybridized carbons (Fsp3) is 0.192. The molecule has 4 rings (SSSR count). The molecule has 2 aromatic heterocycles. The van der Waals surface area contributed by atoms with Crippen LogP contribution in [-0.4, -0.2) is 31.8 Å². The van der Waals surface area contributed by atoms with Gasteiger partial charge in [-0.2, -0.15) is 13.2 Å². The zero-order valence-corrected chi connectivity index (χ0v) is 18.4. The van der Waals surface area contributed by atoms with Crippen molar-refractivity contribution in [1.29, 1.82) is 0 Å². The van der Waals surface area contributed by atoms with Gasteiger partial charge in [0.2, 0.25) is 0 Å². The lowest BCUT2D eigenvalue weighted by Crippen LogP contribution is -2.07. The summed E-state index contributed by atoms with van der Waals surface area (Å²) in [6, 6.07) is 16.0. The molecule has 5 nitrogen and oxygen atoms in total. The second-order valence-electron chi connectivity index (χ2n) is 7.89. The zero-order valence-electron chi connectivity index (χ0n) is 18.4. The Morgan fingerprint density at radius 2 is 1.76 bits per heavy atom. The van der Waals surface area contributed by atoms with Crippen LogP contribution < -0.4 is 0 Å². The molecule has 0 aliphatic carbocycles. The van der Waals surface area contributed by atoms with Crippen molar-refractivity contribution in [3.8, 4) is 23.0 Å². The van der Waals surface area contributed by atoms with E-state index in [9.17, 15) is 23.1 Å². The molecule has 0 aliphatic heterocycles. The lowest BCUT2D eigenvalue weighted by atomic mass is 9.99. The van der Waals surface area contributed by atoms with E-state index in [0.717, 1.165) is 22.4 Å². The molecule has 0 unspecified atom stereocenters. The number of aromatic nitrogens is 3. The number of carboxylic acids is 1. The smallest absolute Gasteiger partial charge is 0.457 e. The number of nitrogens with zero attached hydrogens (tertiary/aromatic N) is 3. The minimum Gasteiger partial charge on any atom is -0.478 e. The number of halogens is 3. The van der Waals surface area contributed by atoms with Gasteiger partial charge in [-0.3, -0.25) is 0 Å². The Balaban J connectivity index is 1.72. The maximum atomic E-state index is 12.5. The molecule has 0 amide bonds. The van der Waals surface area contributed by atoms with Crippen molar-refractivity contribution in [2.45, 2.75) is 33.0 Å². The minimum atomic E-state index is -4.57. The Hall–Kier alpha value is -4.12. The van der Waals surface area contributed by atoms with E-state index in [4.69, 9.17) is 0 Å². The third-order valence-electron chi connectivity index (χ3n) is 5.34. The summed E-state index contributed by atoms with van der Waals surface area (Å²) in [5.74, 6) is 2.86. The van der Waals surface area contributed by atoms with Crippen LogP contribution in [0.5, 0.6) is 0 Å². The number of aryl methyl sites for hydroxylation is 2. The molecule has 4 aromatic rings. The van der Waals surface area contributed by atoms with Gasteiger partial charge in [0.25, 0.3) is 0 Å². The quantitative estimate of drug-likeness (QED) is 0.393. The fourth-order valence-corrected chi connectivity index (χ4v) is 3.87. The Labute approximate surface area is 193 Å². The molecular formula is C26H20F3N3O2. The van der Waals surface area contributed by atoms with Crippen molar-refractivity contribution in [2.24, 2.45) is 0 Å². The van der Waals surface area contributed by atoms with Crippen LogP contribution in [0, 0.1) is 25.7 Å². The van der Waals surface area contributed by atoms with Crippen molar-refractivity contribution in [3.63, 3.8) is 0 Å². The molecule has 0 spiro atoms. The number of hydrogen-bond donors (Lipinski definition) is 1. The minimum absolute atomic E-state index is 0.168. The number of pyridine rings is 1. The molecule has 2 aromatic carbocycles. The van der Waals surface area contributed by atoms with Gasteiger partial charge in [0.15, 0.2) is 5.65 Å². The number of carboxylic acid groups (broad SMARTS) is 1. The highest BCUT2D eigenvalue weighted by Crippen LogP contribution is 2.26. The number of benzene rings is 2. The summed E-state index contributed by atoms with van der Waals surface area (Å²) in [6.07, 6.45) is -4.73. The molecule has 172 valence electrons. The number of fused-ring (bicyclic) bond motifs is 1. The molecule has 1 N–H and O–H groups in total. The van der Waals surface area contributed by atoms with Crippen LogP contribution in [0.1, 0.15) is 33.0 Å². The van der Waals surface area contributed by atoms with Crippen molar-refractivity contribution in [1.82, 2.24) is 14.5 Å². The van der Waals surface area contributed by atoms with Gasteiger partial charge in [-0.15, -0.1) is 0 Å². The molecule has 2 heterocycles. The van der Waals surface area contributed by atoms with Crippen LogP contribution in [0.2, 0.25) is 0 Å². The zero-order chi connectivity index (χ0) is 24.5. The van der Waals surface area contributed by atoms with Crippen molar-refractivity contribution >= 4 is 17.1 Å². The topological polar surface area (TPSA) is 68.0 Å². The second kappa shape index (κ2) is 9.02. The van der Waals surface area contributed by atoms with Gasteiger partial charge in [-0.05, 0) is 48.2 Å². The number of carbonyl (C=O) groups is 1. The highest BCUT2D eigenvalue weighted by atomic mass is 19.4. The SMILES string of the molecule is Cc1cc(C)c2nc(CC#CC(F)(F)F)n(Cc3ccc(-c4ccccc4C(=O)O)cc3)c2n1. The normalized spacial score (nSPS) is 11.3. The van der Waals surface area contributed by atoms with Gasteiger partial charge in [-0.1, -0.05) is 48.4 Å². The summed E-state index contributed by atoms with van der Waals surface area (Å²) < 4.78 is 39.4. The van der Waals surface area contributed by atoms with E-state index in [1.807, 2.05) is 44.2 Å². The Kier molecular flexibility index (Phi) is 6.12. The molecular weight excluding hydrogens is 443 g/mol. The first-order valence-electron chi connectivity index (χ1n) is 10.4. The van der Waals surface area contributed by atoms with Crippen molar-refractivity contribution < 1.29 is 23.1 Å². The summed E-state index contributed by atoms with van der Waals surface area (Å²) in [4.78, 5) is 20.6. The van der Waals surface area contributed by atoms with Gasteiger partial charge in [0.05, 0.1) is 18.5 Å². The van der Waals surface area contributed by atoms with Crippen LogP contribution in [0.15, 0.2) is 54.6 Å². The van der Waals surface area contributed by atoms with E-state index in [0.29, 0.717) is 29.1 Å². The standard InChI is InChI=1S/C26H20F3N3O2/c1-16-14-17(2)30-24-23(16)31-22(8-5-13-26(27,28)29)32(24)15-18-9-11-19(12-10-18)20-6-3-4-7-21(20)25(33)34/h3-4,6-7,9-12,14H,8,15H2,1-2H3,(H,33,34). The summed E-state index contributed by atoms with van der Waals surface area (Å²) in [7, 11) is 0. The average Bonchev–Trinajstić information content (AvgIpc) is 3.11. The summed E-state index contributed by atoms with van der Waals surface area (Å²) in [5, 5.41) is 9.45. The van der Waals surface area contributed by atoms with E-state index >= 15 is 0 Å². The van der Waals surface area contributed by atoms with Crippen LogP contribution >= 0.6 is 0 Å². The van der Waals surface area contributed by atoms with Crippen LogP contribution in [0.3, 0.4) is 0 Å². The highest BCUT2D eigenvalue weighted by Gasteiger charge is 2.23. The molecule has 0 atom stereocenters. The van der Waals surface area contributed by atoms with E-state index in [1.165, 1.54) is 5.92 Å². The average molecular weight is 463 g/mol. The summed E-state index contributed by atoms with van der Waals surface area (Å²) in [6.45, 7) is 4.06. The van der Waals surface area contributed by atoms with Gasteiger partial charge in [-0.25, -0.2) is 14.8 Å². The molecule has 0 saturated heterocycles. The first kappa shape index (κ1) is 23.1. The van der Waals surface area contributed by atoms with Gasteiger partial charge < -0.3 is 9.67 Å². The van der Waals surface area contributed by atoms with Gasteiger partial charge in [0, 0.05) is 11.6 Å². The molecule has 0 fully saturated rings. The second-order valence-corrected chi connectivity index (χ2v) is 7.89. The van der Waals surface area contributed by atoms with Crippen molar-refractivity contribution in [2.75, 3.05) is 0 Å². The summed E-state index contributed by atoms with van der Waals surface area (Å²) >= 11 is 0. The van der Waals surface area contributed by atoms with Gasteiger partial charge in [0.1, 0.15) is 11.3 Å². The van der Waals surface area contributed by atoms with E-state index in [-0.39, 0.29) is 12.0 Å². The lowest BCUT2D eigenvalue weighted by Gasteiger charge is -2.10. The Bertz CT molecular complexity index is 1440. The maximum Gasteiger partial charge on any atom is 0.457 e. The first-order valence-corrected chi connectivity index (χ1v) is 10.4. The number of alkyl halides is 3. The van der Waals surface area contributed by atoms with Crippen molar-refractivity contribution in [3.05, 3.63) is 82.8 Å². The molecule has 0 radical (unpaired) electrons. The molecule has 8 heteroatoms. The third-order valence-corrected chi connectivity index (χ3v) is 5.34. The van der Waals surface area contributed by atoms with Crippen LogP contribution in [-0.2, 0) is 13.0 Å².